The van der Waals surface area contributed by atoms with Crippen molar-refractivity contribution in [3.05, 3.63) is 48.5 Å². The normalized spacial score (nSPS) is 10.7. The Balaban J connectivity index is 1.93. The fourth-order valence-corrected chi connectivity index (χ4v) is 1.84. The van der Waals surface area contributed by atoms with E-state index in [0.29, 0.717) is 22.7 Å². The Morgan fingerprint density at radius 2 is 1.94 bits per heavy atom. The molecule has 18 heavy (non-hydrogen) atoms. The summed E-state index contributed by atoms with van der Waals surface area (Å²) in [5.74, 6) is 2.09. The van der Waals surface area contributed by atoms with Gasteiger partial charge in [0.1, 0.15) is 5.75 Å². The summed E-state index contributed by atoms with van der Waals surface area (Å²) in [7, 11) is 0. The number of aromatic nitrogens is 2. The molecule has 0 unspecified atom stereocenters. The summed E-state index contributed by atoms with van der Waals surface area (Å²) in [5, 5.41) is 0. The van der Waals surface area contributed by atoms with Crippen LogP contribution in [0.25, 0.3) is 11.2 Å². The summed E-state index contributed by atoms with van der Waals surface area (Å²) in [4.78, 5) is 8.13. The first-order chi connectivity index (χ1) is 8.86. The standard InChI is InChI=1S/C13H10N2O2S/c18-7-9-1-3-10(4-2-9)17-11-5-6-14-13-12(11)15-8-16-13/h1-6,8,18H,7H2. The highest BCUT2D eigenvalue weighted by Gasteiger charge is 2.07. The third-order valence-electron chi connectivity index (χ3n) is 2.53. The van der Waals surface area contributed by atoms with Gasteiger partial charge in [-0.15, -0.1) is 0 Å². The fraction of sp³-hybridized carbons (Fsp3) is 0.0769. The predicted molar refractivity (Wildman–Crippen MR) is 71.0 cm³/mol. The van der Waals surface area contributed by atoms with E-state index in [1.165, 1.54) is 6.39 Å². The Hall–Kier alpha value is -2.01. The van der Waals surface area contributed by atoms with Crippen molar-refractivity contribution in [3.8, 4) is 11.5 Å². The molecular formula is C13H10N2O2S. The lowest BCUT2D eigenvalue weighted by molar-refractivity contribution is 0.486. The third-order valence-corrected chi connectivity index (χ3v) is 2.90. The van der Waals surface area contributed by atoms with E-state index in [1.807, 2.05) is 24.3 Å². The average Bonchev–Trinajstić information content (AvgIpc) is 2.89. The van der Waals surface area contributed by atoms with Crippen LogP contribution in [0, 0.1) is 0 Å². The second-order valence-electron chi connectivity index (χ2n) is 3.72. The predicted octanol–water partition coefficient (Wildman–Crippen LogP) is 3.44. The van der Waals surface area contributed by atoms with Crippen LogP contribution in [-0.4, -0.2) is 9.97 Å². The minimum atomic E-state index is 0.472. The van der Waals surface area contributed by atoms with Crippen LogP contribution in [0.3, 0.4) is 0 Å². The molecule has 0 aliphatic heterocycles. The van der Waals surface area contributed by atoms with Gasteiger partial charge in [-0.05, 0) is 17.7 Å². The number of hydrogen-bond acceptors (Lipinski definition) is 5. The second-order valence-corrected chi connectivity index (χ2v) is 4.04. The van der Waals surface area contributed by atoms with E-state index in [9.17, 15) is 0 Å². The number of thiol groups is 1. The van der Waals surface area contributed by atoms with Gasteiger partial charge in [0.05, 0.1) is 0 Å². The molecular weight excluding hydrogens is 248 g/mol. The number of ether oxygens (including phenoxy) is 1. The van der Waals surface area contributed by atoms with E-state index in [2.05, 4.69) is 22.6 Å². The molecule has 3 rings (SSSR count). The van der Waals surface area contributed by atoms with E-state index >= 15 is 0 Å². The molecule has 0 saturated carbocycles. The first-order valence-corrected chi connectivity index (χ1v) is 6.06. The quantitative estimate of drug-likeness (QED) is 0.731. The monoisotopic (exact) mass is 258 g/mol. The molecule has 2 heterocycles. The van der Waals surface area contributed by atoms with Gasteiger partial charge in [-0.1, -0.05) is 12.1 Å². The SMILES string of the molecule is SCc1ccc(Oc2ccnc3ocnc23)cc1. The van der Waals surface area contributed by atoms with Crippen molar-refractivity contribution in [1.29, 1.82) is 0 Å². The maximum Gasteiger partial charge on any atom is 0.250 e. The smallest absolute Gasteiger partial charge is 0.250 e. The maximum atomic E-state index is 5.76. The Bertz CT molecular complexity index is 664. The highest BCUT2D eigenvalue weighted by Crippen LogP contribution is 2.27. The molecule has 0 aliphatic carbocycles. The van der Waals surface area contributed by atoms with Crippen LogP contribution >= 0.6 is 12.6 Å². The van der Waals surface area contributed by atoms with E-state index in [1.54, 1.807) is 12.3 Å². The Kier molecular flexibility index (Phi) is 2.90. The summed E-state index contributed by atoms with van der Waals surface area (Å²) in [6, 6.07) is 9.51. The molecule has 0 spiro atoms. The number of hydrogen-bond donors (Lipinski definition) is 1. The second kappa shape index (κ2) is 4.70. The Labute approximate surface area is 109 Å². The minimum Gasteiger partial charge on any atom is -0.455 e. The van der Waals surface area contributed by atoms with Crippen LogP contribution in [0.5, 0.6) is 11.5 Å². The number of oxazole rings is 1. The molecule has 4 nitrogen and oxygen atoms in total. The number of fused-ring (bicyclic) bond motifs is 1. The molecule has 0 radical (unpaired) electrons. The van der Waals surface area contributed by atoms with Gasteiger partial charge in [-0.25, -0.2) is 9.97 Å². The number of nitrogens with zero attached hydrogens (tertiary/aromatic N) is 2. The molecule has 2 aromatic heterocycles. The van der Waals surface area contributed by atoms with Crippen molar-refractivity contribution in [2.75, 3.05) is 0 Å². The molecule has 1 aromatic carbocycles. The number of pyridine rings is 1. The van der Waals surface area contributed by atoms with Crippen molar-refractivity contribution < 1.29 is 9.15 Å². The molecule has 90 valence electrons. The first kappa shape index (κ1) is 11.1. The van der Waals surface area contributed by atoms with Crippen LogP contribution in [0.15, 0.2) is 47.3 Å². The van der Waals surface area contributed by atoms with E-state index in [-0.39, 0.29) is 0 Å². The summed E-state index contributed by atoms with van der Waals surface area (Å²) < 4.78 is 10.9. The lowest BCUT2D eigenvalue weighted by Gasteiger charge is -2.05. The lowest BCUT2D eigenvalue weighted by atomic mass is 10.2. The molecule has 3 aromatic rings. The molecule has 0 saturated heterocycles. The van der Waals surface area contributed by atoms with Crippen LogP contribution in [0.2, 0.25) is 0 Å². The highest BCUT2D eigenvalue weighted by molar-refractivity contribution is 7.79. The third kappa shape index (κ3) is 2.04. The summed E-state index contributed by atoms with van der Waals surface area (Å²) >= 11 is 4.21. The molecule has 5 heteroatoms. The van der Waals surface area contributed by atoms with Crippen molar-refractivity contribution in [3.63, 3.8) is 0 Å². The van der Waals surface area contributed by atoms with Gasteiger partial charge in [-0.3, -0.25) is 0 Å². The Morgan fingerprint density at radius 3 is 2.72 bits per heavy atom. The van der Waals surface area contributed by atoms with Gasteiger partial charge in [0, 0.05) is 18.0 Å². The number of benzene rings is 1. The zero-order valence-electron chi connectivity index (χ0n) is 9.41. The Morgan fingerprint density at radius 1 is 1.11 bits per heavy atom. The number of rotatable bonds is 3. The maximum absolute atomic E-state index is 5.76. The van der Waals surface area contributed by atoms with E-state index in [0.717, 1.165) is 11.3 Å². The topological polar surface area (TPSA) is 48.2 Å². The van der Waals surface area contributed by atoms with Gasteiger partial charge in [0.25, 0.3) is 5.71 Å². The van der Waals surface area contributed by atoms with Crippen molar-refractivity contribution >= 4 is 23.9 Å². The molecule has 0 bridgehead atoms. The first-order valence-electron chi connectivity index (χ1n) is 5.42. The molecule has 0 aliphatic rings. The fourth-order valence-electron chi connectivity index (χ4n) is 1.62. The zero-order valence-corrected chi connectivity index (χ0v) is 10.3. The molecule has 0 N–H and O–H groups in total. The van der Waals surface area contributed by atoms with Gasteiger partial charge in [0.15, 0.2) is 17.7 Å². The van der Waals surface area contributed by atoms with E-state index in [4.69, 9.17) is 9.15 Å². The van der Waals surface area contributed by atoms with Crippen molar-refractivity contribution in [1.82, 2.24) is 9.97 Å². The van der Waals surface area contributed by atoms with Crippen molar-refractivity contribution in [2.24, 2.45) is 0 Å². The van der Waals surface area contributed by atoms with Crippen molar-refractivity contribution in [2.45, 2.75) is 5.75 Å². The van der Waals surface area contributed by atoms with Gasteiger partial charge < -0.3 is 9.15 Å². The average molecular weight is 258 g/mol. The summed E-state index contributed by atoms with van der Waals surface area (Å²) in [5.41, 5.74) is 2.24. The largest absolute Gasteiger partial charge is 0.455 e. The van der Waals surface area contributed by atoms with Crippen LogP contribution in [-0.2, 0) is 5.75 Å². The van der Waals surface area contributed by atoms with Gasteiger partial charge >= 0.3 is 0 Å². The van der Waals surface area contributed by atoms with Gasteiger partial charge in [0.2, 0.25) is 0 Å². The molecule has 0 amide bonds. The van der Waals surface area contributed by atoms with Crippen LogP contribution in [0.4, 0.5) is 0 Å². The summed E-state index contributed by atoms with van der Waals surface area (Å²) in [6.45, 7) is 0. The van der Waals surface area contributed by atoms with Crippen LogP contribution < -0.4 is 4.74 Å². The lowest BCUT2D eigenvalue weighted by Crippen LogP contribution is -1.87. The molecule has 0 atom stereocenters. The van der Waals surface area contributed by atoms with E-state index < -0.39 is 0 Å². The molecule has 0 fully saturated rings. The van der Waals surface area contributed by atoms with Crippen LogP contribution in [0.1, 0.15) is 5.56 Å². The zero-order chi connectivity index (χ0) is 12.4. The summed E-state index contributed by atoms with van der Waals surface area (Å²) in [6.07, 6.45) is 2.99. The highest BCUT2D eigenvalue weighted by atomic mass is 32.1. The van der Waals surface area contributed by atoms with Gasteiger partial charge in [-0.2, -0.15) is 12.6 Å². The minimum absolute atomic E-state index is 0.472.